The second kappa shape index (κ2) is 4.85. The highest BCUT2D eigenvalue weighted by molar-refractivity contribution is 5.73. The highest BCUT2D eigenvalue weighted by Crippen LogP contribution is 2.28. The van der Waals surface area contributed by atoms with Gasteiger partial charge in [-0.3, -0.25) is 4.79 Å². The van der Waals surface area contributed by atoms with E-state index in [9.17, 15) is 4.79 Å². The summed E-state index contributed by atoms with van der Waals surface area (Å²) < 4.78 is 0. The summed E-state index contributed by atoms with van der Waals surface area (Å²) in [5, 5.41) is 8.85. The fourth-order valence-corrected chi connectivity index (χ4v) is 2.34. The van der Waals surface area contributed by atoms with Crippen LogP contribution in [0.5, 0.6) is 0 Å². The number of rotatable bonds is 4. The largest absolute Gasteiger partial charge is 0.480 e. The van der Waals surface area contributed by atoms with E-state index in [0.29, 0.717) is 12.3 Å². The molecule has 1 aliphatic heterocycles. The molecule has 1 heterocycles. The van der Waals surface area contributed by atoms with Crippen LogP contribution < -0.4 is 5.73 Å². The molecule has 3 N–H and O–H groups in total. The number of benzene rings is 1. The molecule has 0 spiro atoms. The molecule has 1 saturated heterocycles. The summed E-state index contributed by atoms with van der Waals surface area (Å²) in [5.74, 6) is -0.414. The van der Waals surface area contributed by atoms with Gasteiger partial charge in [-0.15, -0.1) is 0 Å². The van der Waals surface area contributed by atoms with E-state index < -0.39 is 12.0 Å². The van der Waals surface area contributed by atoms with Crippen LogP contribution in [0.15, 0.2) is 24.3 Å². The maximum atomic E-state index is 10.8. The van der Waals surface area contributed by atoms with Crippen LogP contribution in [0.1, 0.15) is 17.0 Å². The standard InChI is InChI=1S/C13H18N2O2/c1-15-7-10(8-15)11-5-3-2-4-9(11)6-12(14)13(16)17/h2-5,10,12H,6-8,14H2,1H3,(H,16,17). The number of likely N-dealkylation sites (tertiary alicyclic amines) is 1. The van der Waals surface area contributed by atoms with Crippen molar-refractivity contribution in [3.05, 3.63) is 35.4 Å². The van der Waals surface area contributed by atoms with Gasteiger partial charge in [-0.1, -0.05) is 24.3 Å². The first-order valence-corrected chi connectivity index (χ1v) is 5.82. The minimum atomic E-state index is -0.939. The second-order valence-corrected chi connectivity index (χ2v) is 4.77. The number of likely N-dealkylation sites (N-methyl/N-ethyl adjacent to an activating group) is 1. The Morgan fingerprint density at radius 2 is 2.18 bits per heavy atom. The van der Waals surface area contributed by atoms with Crippen LogP contribution in [-0.2, 0) is 11.2 Å². The smallest absolute Gasteiger partial charge is 0.320 e. The summed E-state index contributed by atoms with van der Waals surface area (Å²) in [7, 11) is 2.09. The van der Waals surface area contributed by atoms with Crippen molar-refractivity contribution in [1.82, 2.24) is 4.90 Å². The number of nitrogens with two attached hydrogens (primary N) is 1. The van der Waals surface area contributed by atoms with E-state index in [4.69, 9.17) is 10.8 Å². The average Bonchev–Trinajstić information content (AvgIpc) is 2.26. The predicted octanol–water partition coefficient (Wildman–Crippen LogP) is 0.670. The molecule has 0 aromatic heterocycles. The lowest BCUT2D eigenvalue weighted by molar-refractivity contribution is -0.138. The molecule has 4 heteroatoms. The minimum absolute atomic E-state index is 0.408. The van der Waals surface area contributed by atoms with Crippen molar-refractivity contribution < 1.29 is 9.90 Å². The fraction of sp³-hybridized carbons (Fsp3) is 0.462. The number of aliphatic carboxylic acids is 1. The van der Waals surface area contributed by atoms with E-state index >= 15 is 0 Å². The van der Waals surface area contributed by atoms with E-state index in [1.165, 1.54) is 5.56 Å². The molecule has 1 aromatic rings. The van der Waals surface area contributed by atoms with Crippen LogP contribution >= 0.6 is 0 Å². The van der Waals surface area contributed by atoms with Gasteiger partial charge in [0.05, 0.1) is 0 Å². The Morgan fingerprint density at radius 1 is 1.53 bits per heavy atom. The summed E-state index contributed by atoms with van der Waals surface area (Å²) in [6.45, 7) is 2.08. The summed E-state index contributed by atoms with van der Waals surface area (Å²) >= 11 is 0. The number of carbonyl (C=O) groups is 1. The van der Waals surface area contributed by atoms with Gasteiger partial charge in [-0.25, -0.2) is 0 Å². The Bertz CT molecular complexity index is 414. The first kappa shape index (κ1) is 12.1. The van der Waals surface area contributed by atoms with Crippen LogP contribution in [0.3, 0.4) is 0 Å². The topological polar surface area (TPSA) is 66.6 Å². The molecule has 1 atom stereocenters. The molecule has 0 bridgehead atoms. The van der Waals surface area contributed by atoms with Crippen molar-refractivity contribution in [2.75, 3.05) is 20.1 Å². The van der Waals surface area contributed by atoms with Crippen molar-refractivity contribution in [3.8, 4) is 0 Å². The minimum Gasteiger partial charge on any atom is -0.480 e. The van der Waals surface area contributed by atoms with Crippen molar-refractivity contribution in [1.29, 1.82) is 0 Å². The van der Waals surface area contributed by atoms with Gasteiger partial charge < -0.3 is 15.7 Å². The summed E-state index contributed by atoms with van der Waals surface area (Å²) in [6, 6.07) is 7.20. The van der Waals surface area contributed by atoms with Crippen molar-refractivity contribution in [2.45, 2.75) is 18.4 Å². The summed E-state index contributed by atoms with van der Waals surface area (Å²) in [5.41, 5.74) is 7.92. The molecule has 0 aliphatic carbocycles. The highest BCUT2D eigenvalue weighted by Gasteiger charge is 2.27. The maximum Gasteiger partial charge on any atom is 0.320 e. The molecule has 2 rings (SSSR count). The monoisotopic (exact) mass is 234 g/mol. The van der Waals surface area contributed by atoms with E-state index in [0.717, 1.165) is 18.7 Å². The molecule has 1 unspecified atom stereocenters. The molecule has 1 aliphatic rings. The second-order valence-electron chi connectivity index (χ2n) is 4.77. The summed E-state index contributed by atoms with van der Waals surface area (Å²) in [4.78, 5) is 13.0. The van der Waals surface area contributed by atoms with Gasteiger partial charge in [0, 0.05) is 19.0 Å². The van der Waals surface area contributed by atoms with Crippen LogP contribution in [0, 0.1) is 0 Å². The maximum absolute atomic E-state index is 10.8. The van der Waals surface area contributed by atoms with Crippen molar-refractivity contribution >= 4 is 5.97 Å². The Morgan fingerprint density at radius 3 is 2.76 bits per heavy atom. The molecule has 0 radical (unpaired) electrons. The Hall–Kier alpha value is -1.39. The van der Waals surface area contributed by atoms with E-state index in [1.54, 1.807) is 0 Å². The normalized spacial score (nSPS) is 18.7. The van der Waals surface area contributed by atoms with E-state index in [1.807, 2.05) is 18.2 Å². The first-order chi connectivity index (χ1) is 8.08. The molecule has 4 nitrogen and oxygen atoms in total. The third-order valence-corrected chi connectivity index (χ3v) is 3.32. The van der Waals surface area contributed by atoms with E-state index in [2.05, 4.69) is 18.0 Å². The molecule has 0 saturated carbocycles. The highest BCUT2D eigenvalue weighted by atomic mass is 16.4. The zero-order chi connectivity index (χ0) is 12.4. The van der Waals surface area contributed by atoms with Gasteiger partial charge in [0.15, 0.2) is 0 Å². The van der Waals surface area contributed by atoms with Gasteiger partial charge in [0.2, 0.25) is 0 Å². The van der Waals surface area contributed by atoms with Gasteiger partial charge in [-0.05, 0) is 24.6 Å². The SMILES string of the molecule is CN1CC(c2ccccc2CC(N)C(=O)O)C1. The predicted molar refractivity (Wildman–Crippen MR) is 66.0 cm³/mol. The zero-order valence-corrected chi connectivity index (χ0v) is 9.97. The van der Waals surface area contributed by atoms with Gasteiger partial charge in [0.1, 0.15) is 6.04 Å². The molecule has 1 fully saturated rings. The van der Waals surface area contributed by atoms with E-state index in [-0.39, 0.29) is 0 Å². The van der Waals surface area contributed by atoms with Crippen LogP contribution in [0.4, 0.5) is 0 Å². The molecular formula is C13H18N2O2. The number of carboxylic acids is 1. The Labute approximate surface area is 101 Å². The summed E-state index contributed by atoms with van der Waals surface area (Å²) in [6.07, 6.45) is 0.408. The third kappa shape index (κ3) is 2.65. The van der Waals surface area contributed by atoms with Crippen molar-refractivity contribution in [3.63, 3.8) is 0 Å². The fourth-order valence-electron chi connectivity index (χ4n) is 2.34. The van der Waals surface area contributed by atoms with Crippen LogP contribution in [0.25, 0.3) is 0 Å². The van der Waals surface area contributed by atoms with Gasteiger partial charge in [-0.2, -0.15) is 0 Å². The number of hydrogen-bond acceptors (Lipinski definition) is 3. The van der Waals surface area contributed by atoms with Gasteiger partial charge >= 0.3 is 5.97 Å². The third-order valence-electron chi connectivity index (χ3n) is 3.32. The molecule has 1 aromatic carbocycles. The molecule has 17 heavy (non-hydrogen) atoms. The van der Waals surface area contributed by atoms with Gasteiger partial charge in [0.25, 0.3) is 0 Å². The lowest BCUT2D eigenvalue weighted by Crippen LogP contribution is -2.42. The Balaban J connectivity index is 2.13. The zero-order valence-electron chi connectivity index (χ0n) is 9.97. The molecular weight excluding hydrogens is 216 g/mol. The number of hydrogen-bond donors (Lipinski definition) is 2. The van der Waals surface area contributed by atoms with Crippen molar-refractivity contribution in [2.24, 2.45) is 5.73 Å². The lowest BCUT2D eigenvalue weighted by Gasteiger charge is -2.37. The Kier molecular flexibility index (Phi) is 3.45. The number of nitrogens with zero attached hydrogens (tertiary/aromatic N) is 1. The number of carboxylic acid groups (broad SMARTS) is 1. The average molecular weight is 234 g/mol. The molecule has 0 amide bonds. The first-order valence-electron chi connectivity index (χ1n) is 5.82. The lowest BCUT2D eigenvalue weighted by atomic mass is 9.86. The van der Waals surface area contributed by atoms with Crippen LogP contribution in [-0.4, -0.2) is 42.2 Å². The molecule has 92 valence electrons. The van der Waals surface area contributed by atoms with Crippen LogP contribution in [0.2, 0.25) is 0 Å². The quantitative estimate of drug-likeness (QED) is 0.803.